The summed E-state index contributed by atoms with van der Waals surface area (Å²) >= 11 is 0. The summed E-state index contributed by atoms with van der Waals surface area (Å²) in [4.78, 5) is 4.19. The third-order valence-corrected chi connectivity index (χ3v) is 3.22. The van der Waals surface area contributed by atoms with Gasteiger partial charge in [-0.3, -0.25) is 0 Å². The maximum atomic E-state index is 5.34. The minimum atomic E-state index is 0.765. The van der Waals surface area contributed by atoms with Crippen LogP contribution in [-0.4, -0.2) is 23.8 Å². The van der Waals surface area contributed by atoms with Crippen molar-refractivity contribution in [1.29, 1.82) is 0 Å². The predicted octanol–water partition coefficient (Wildman–Crippen LogP) is 2.12. The van der Waals surface area contributed by atoms with E-state index in [4.69, 9.17) is 9.47 Å². The molecule has 0 atom stereocenters. The van der Waals surface area contributed by atoms with E-state index in [1.165, 1.54) is 11.1 Å². The van der Waals surface area contributed by atoms with Crippen molar-refractivity contribution in [3.05, 3.63) is 30.2 Å². The second-order valence-corrected chi connectivity index (χ2v) is 4.09. The van der Waals surface area contributed by atoms with E-state index in [0.29, 0.717) is 0 Å². The number of methoxy groups -OCH3 is 2. The summed E-state index contributed by atoms with van der Waals surface area (Å²) in [5.74, 6) is 1.56. The number of imidazole rings is 1. The molecule has 0 amide bonds. The van der Waals surface area contributed by atoms with Crippen LogP contribution in [0.4, 0.5) is 0 Å². The molecular formula is C13H14N2O2. The Kier molecular flexibility index (Phi) is 2.28. The van der Waals surface area contributed by atoms with E-state index in [-0.39, 0.29) is 0 Å². The van der Waals surface area contributed by atoms with Gasteiger partial charge in [0.15, 0.2) is 11.5 Å². The number of nitrogens with zero attached hydrogens (tertiary/aromatic N) is 2. The van der Waals surface area contributed by atoms with Gasteiger partial charge in [0.05, 0.1) is 32.4 Å². The van der Waals surface area contributed by atoms with Gasteiger partial charge >= 0.3 is 0 Å². The minimum absolute atomic E-state index is 0.765. The Hall–Kier alpha value is -1.97. The normalized spacial score (nSPS) is 12.8. The summed E-state index contributed by atoms with van der Waals surface area (Å²) < 4.78 is 12.8. The van der Waals surface area contributed by atoms with Gasteiger partial charge in [0, 0.05) is 12.1 Å². The fourth-order valence-electron chi connectivity index (χ4n) is 2.33. The summed E-state index contributed by atoms with van der Waals surface area (Å²) in [6, 6.07) is 4.09. The molecule has 0 unspecified atom stereocenters. The van der Waals surface area contributed by atoms with E-state index in [0.717, 1.165) is 30.2 Å². The molecule has 0 saturated heterocycles. The van der Waals surface area contributed by atoms with Crippen LogP contribution in [0.25, 0.3) is 11.3 Å². The Labute approximate surface area is 99.8 Å². The van der Waals surface area contributed by atoms with E-state index in [1.54, 1.807) is 14.2 Å². The number of hydrogen-bond donors (Lipinski definition) is 0. The van der Waals surface area contributed by atoms with Gasteiger partial charge in [-0.1, -0.05) is 0 Å². The van der Waals surface area contributed by atoms with Crippen molar-refractivity contribution < 1.29 is 9.47 Å². The number of rotatable bonds is 2. The van der Waals surface area contributed by atoms with E-state index < -0.39 is 0 Å². The first kappa shape index (κ1) is 10.2. The molecule has 0 N–H and O–H groups in total. The molecular weight excluding hydrogens is 216 g/mol. The standard InChI is InChI=1S/C13H14N2O2/c1-16-12-5-9-3-4-15-8-14-7-11(15)10(9)6-13(12)17-2/h5-8H,3-4H2,1-2H3. The molecule has 1 aliphatic heterocycles. The van der Waals surface area contributed by atoms with Gasteiger partial charge < -0.3 is 14.0 Å². The highest BCUT2D eigenvalue weighted by Gasteiger charge is 2.19. The topological polar surface area (TPSA) is 36.3 Å². The monoisotopic (exact) mass is 230 g/mol. The Morgan fingerprint density at radius 3 is 2.71 bits per heavy atom. The van der Waals surface area contributed by atoms with Gasteiger partial charge in [-0.2, -0.15) is 0 Å². The highest BCUT2D eigenvalue weighted by atomic mass is 16.5. The SMILES string of the molecule is COc1cc2c(cc1OC)-c1cncn1CC2. The summed E-state index contributed by atoms with van der Waals surface area (Å²) in [7, 11) is 3.32. The van der Waals surface area contributed by atoms with Gasteiger partial charge in [0.25, 0.3) is 0 Å². The molecule has 2 heterocycles. The number of hydrogen-bond acceptors (Lipinski definition) is 3. The van der Waals surface area contributed by atoms with Crippen LogP contribution >= 0.6 is 0 Å². The summed E-state index contributed by atoms with van der Waals surface area (Å²) in [5, 5.41) is 0. The van der Waals surface area contributed by atoms with E-state index in [2.05, 4.69) is 15.6 Å². The van der Waals surface area contributed by atoms with Crippen LogP contribution in [0.5, 0.6) is 11.5 Å². The van der Waals surface area contributed by atoms with E-state index >= 15 is 0 Å². The predicted molar refractivity (Wildman–Crippen MR) is 64.5 cm³/mol. The molecule has 1 aromatic carbocycles. The maximum Gasteiger partial charge on any atom is 0.161 e. The van der Waals surface area contributed by atoms with Crippen molar-refractivity contribution in [2.24, 2.45) is 0 Å². The lowest BCUT2D eigenvalue weighted by molar-refractivity contribution is 0.354. The molecule has 3 rings (SSSR count). The number of fused-ring (bicyclic) bond motifs is 3. The first-order valence-electron chi connectivity index (χ1n) is 5.59. The fourth-order valence-corrected chi connectivity index (χ4v) is 2.33. The molecule has 2 aromatic rings. The number of aromatic nitrogens is 2. The van der Waals surface area contributed by atoms with E-state index in [1.807, 2.05) is 18.6 Å². The van der Waals surface area contributed by atoms with Crippen LogP contribution in [-0.2, 0) is 13.0 Å². The van der Waals surface area contributed by atoms with Crippen molar-refractivity contribution in [3.63, 3.8) is 0 Å². The van der Waals surface area contributed by atoms with Crippen LogP contribution < -0.4 is 9.47 Å². The van der Waals surface area contributed by atoms with Gasteiger partial charge in [-0.25, -0.2) is 4.98 Å². The molecule has 0 aliphatic carbocycles. The van der Waals surface area contributed by atoms with Crippen molar-refractivity contribution in [2.75, 3.05) is 14.2 Å². The lowest BCUT2D eigenvalue weighted by Gasteiger charge is -2.20. The van der Waals surface area contributed by atoms with Gasteiger partial charge in [0.1, 0.15) is 0 Å². The zero-order valence-electron chi connectivity index (χ0n) is 9.93. The van der Waals surface area contributed by atoms with Gasteiger partial charge in [0.2, 0.25) is 0 Å². The lowest BCUT2D eigenvalue weighted by atomic mass is 9.98. The Morgan fingerprint density at radius 1 is 1.18 bits per heavy atom. The van der Waals surface area contributed by atoms with Crippen molar-refractivity contribution in [2.45, 2.75) is 13.0 Å². The van der Waals surface area contributed by atoms with Crippen molar-refractivity contribution in [1.82, 2.24) is 9.55 Å². The Balaban J connectivity index is 2.20. The second kappa shape index (κ2) is 3.80. The number of aryl methyl sites for hydroxylation is 2. The van der Waals surface area contributed by atoms with Crippen LogP contribution in [0.15, 0.2) is 24.7 Å². The van der Waals surface area contributed by atoms with Crippen LogP contribution in [0.3, 0.4) is 0 Å². The molecule has 0 fully saturated rings. The molecule has 0 spiro atoms. The smallest absolute Gasteiger partial charge is 0.161 e. The van der Waals surface area contributed by atoms with Crippen molar-refractivity contribution >= 4 is 0 Å². The maximum absolute atomic E-state index is 5.34. The third kappa shape index (κ3) is 1.48. The Bertz CT molecular complexity index is 561. The first-order valence-corrected chi connectivity index (χ1v) is 5.59. The zero-order valence-corrected chi connectivity index (χ0v) is 9.93. The molecule has 1 aliphatic rings. The van der Waals surface area contributed by atoms with Gasteiger partial charge in [-0.05, 0) is 24.1 Å². The van der Waals surface area contributed by atoms with E-state index in [9.17, 15) is 0 Å². The quantitative estimate of drug-likeness (QED) is 0.793. The average Bonchev–Trinajstić information content (AvgIpc) is 2.85. The minimum Gasteiger partial charge on any atom is -0.493 e. The zero-order chi connectivity index (χ0) is 11.8. The molecule has 4 nitrogen and oxygen atoms in total. The molecule has 17 heavy (non-hydrogen) atoms. The number of benzene rings is 1. The molecule has 4 heteroatoms. The van der Waals surface area contributed by atoms with Crippen LogP contribution in [0.2, 0.25) is 0 Å². The fraction of sp³-hybridized carbons (Fsp3) is 0.308. The summed E-state index contributed by atoms with van der Waals surface area (Å²) in [5.41, 5.74) is 3.62. The molecule has 0 saturated carbocycles. The first-order chi connectivity index (χ1) is 8.33. The summed E-state index contributed by atoms with van der Waals surface area (Å²) in [6.07, 6.45) is 4.76. The second-order valence-electron chi connectivity index (χ2n) is 4.09. The third-order valence-electron chi connectivity index (χ3n) is 3.22. The highest BCUT2D eigenvalue weighted by molar-refractivity contribution is 5.69. The Morgan fingerprint density at radius 2 is 1.94 bits per heavy atom. The molecule has 88 valence electrons. The van der Waals surface area contributed by atoms with Crippen LogP contribution in [0, 0.1) is 0 Å². The van der Waals surface area contributed by atoms with Crippen LogP contribution in [0.1, 0.15) is 5.56 Å². The molecule has 0 radical (unpaired) electrons. The average molecular weight is 230 g/mol. The highest BCUT2D eigenvalue weighted by Crippen LogP contribution is 2.37. The van der Waals surface area contributed by atoms with Crippen molar-refractivity contribution in [3.8, 4) is 22.8 Å². The molecule has 1 aromatic heterocycles. The summed E-state index contributed by atoms with van der Waals surface area (Å²) in [6.45, 7) is 0.970. The lowest BCUT2D eigenvalue weighted by Crippen LogP contribution is -2.10. The number of ether oxygens (including phenoxy) is 2. The van der Waals surface area contributed by atoms with Gasteiger partial charge in [-0.15, -0.1) is 0 Å². The largest absolute Gasteiger partial charge is 0.493 e. The molecule has 0 bridgehead atoms.